The molecule has 0 bridgehead atoms. The predicted molar refractivity (Wildman–Crippen MR) is 106 cm³/mol. The molecule has 0 aliphatic rings. The average Bonchev–Trinajstić information content (AvgIpc) is 2.65. The van der Waals surface area contributed by atoms with Gasteiger partial charge >= 0.3 is 0 Å². The van der Waals surface area contributed by atoms with Gasteiger partial charge in [-0.2, -0.15) is 0 Å². The normalized spacial score (nSPS) is 11.2. The molecule has 0 unspecified atom stereocenters. The Hall–Kier alpha value is -2.59. The summed E-state index contributed by atoms with van der Waals surface area (Å²) < 4.78 is 11.7. The fourth-order valence-electron chi connectivity index (χ4n) is 2.86. The van der Waals surface area contributed by atoms with E-state index >= 15 is 0 Å². The molecule has 0 saturated carbocycles. The molecule has 0 aliphatic heterocycles. The first-order valence-electron chi connectivity index (χ1n) is 9.04. The van der Waals surface area contributed by atoms with E-state index in [9.17, 15) is 4.79 Å². The predicted octanol–water partition coefficient (Wildman–Crippen LogP) is 4.57. The molecule has 0 saturated heterocycles. The summed E-state index contributed by atoms with van der Waals surface area (Å²) in [7, 11) is 4.19. The maximum atomic E-state index is 12.2. The smallest absolute Gasteiger partial charge is 0.193 e. The zero-order chi connectivity index (χ0) is 18.4. The third-order valence-electron chi connectivity index (χ3n) is 4.29. The van der Waals surface area contributed by atoms with Crippen LogP contribution in [0.25, 0.3) is 22.3 Å². The Labute approximate surface area is 154 Å². The standard InChI is InChI=1S/C22H25NO3/c1-23(2)14-6-3-7-15-25-18-12-10-17(11-13-18)22-16-20(24)19-8-4-5-9-21(19)26-22/h4-5,8-13,16H,3,6-7,14-15H2,1-2H3. The van der Waals surface area contributed by atoms with Crippen molar-refractivity contribution < 1.29 is 9.15 Å². The Morgan fingerprint density at radius 1 is 0.962 bits per heavy atom. The first-order chi connectivity index (χ1) is 12.6. The van der Waals surface area contributed by atoms with Crippen LogP contribution in [-0.2, 0) is 0 Å². The van der Waals surface area contributed by atoms with E-state index in [1.54, 1.807) is 12.1 Å². The van der Waals surface area contributed by atoms with Gasteiger partial charge in [0, 0.05) is 11.6 Å². The fraction of sp³-hybridized carbons (Fsp3) is 0.318. The van der Waals surface area contributed by atoms with E-state index in [0.717, 1.165) is 30.9 Å². The molecule has 0 aliphatic carbocycles. The number of unbranched alkanes of at least 4 members (excludes halogenated alkanes) is 2. The van der Waals surface area contributed by atoms with Gasteiger partial charge in [0.25, 0.3) is 0 Å². The summed E-state index contributed by atoms with van der Waals surface area (Å²) in [6.07, 6.45) is 3.41. The molecule has 3 aromatic rings. The number of para-hydroxylation sites is 1. The maximum Gasteiger partial charge on any atom is 0.193 e. The Morgan fingerprint density at radius 2 is 1.73 bits per heavy atom. The van der Waals surface area contributed by atoms with Crippen LogP contribution in [0.2, 0.25) is 0 Å². The van der Waals surface area contributed by atoms with Crippen LogP contribution >= 0.6 is 0 Å². The minimum Gasteiger partial charge on any atom is -0.494 e. The summed E-state index contributed by atoms with van der Waals surface area (Å²) >= 11 is 0. The van der Waals surface area contributed by atoms with Gasteiger partial charge in [0.05, 0.1) is 12.0 Å². The highest BCUT2D eigenvalue weighted by Crippen LogP contribution is 2.24. The Balaban J connectivity index is 1.60. The van der Waals surface area contributed by atoms with Crippen LogP contribution in [0.4, 0.5) is 0 Å². The van der Waals surface area contributed by atoms with Crippen LogP contribution in [0, 0.1) is 0 Å². The topological polar surface area (TPSA) is 42.7 Å². The van der Waals surface area contributed by atoms with Crippen molar-refractivity contribution in [1.82, 2.24) is 4.90 Å². The molecule has 1 heterocycles. The van der Waals surface area contributed by atoms with Crippen LogP contribution in [0.15, 0.2) is 63.8 Å². The summed E-state index contributed by atoms with van der Waals surface area (Å²) in [5.41, 5.74) is 1.44. The first-order valence-corrected chi connectivity index (χ1v) is 9.04. The summed E-state index contributed by atoms with van der Waals surface area (Å²) in [5.74, 6) is 1.41. The molecule has 1 aromatic heterocycles. The van der Waals surface area contributed by atoms with Crippen molar-refractivity contribution in [2.24, 2.45) is 0 Å². The number of hydrogen-bond acceptors (Lipinski definition) is 4. The lowest BCUT2D eigenvalue weighted by Gasteiger charge is -2.10. The van der Waals surface area contributed by atoms with Crippen molar-refractivity contribution in [3.05, 3.63) is 64.8 Å². The molecule has 3 rings (SSSR count). The summed E-state index contributed by atoms with van der Waals surface area (Å²) in [6, 6.07) is 16.5. The quantitative estimate of drug-likeness (QED) is 0.558. The van der Waals surface area contributed by atoms with E-state index in [2.05, 4.69) is 19.0 Å². The van der Waals surface area contributed by atoms with Crippen LogP contribution in [-0.4, -0.2) is 32.1 Å². The van der Waals surface area contributed by atoms with Crippen LogP contribution in [0.3, 0.4) is 0 Å². The molecule has 2 aromatic carbocycles. The van der Waals surface area contributed by atoms with Crippen LogP contribution in [0.5, 0.6) is 5.75 Å². The molecule has 0 amide bonds. The van der Waals surface area contributed by atoms with Crippen LogP contribution < -0.4 is 10.2 Å². The monoisotopic (exact) mass is 351 g/mol. The Kier molecular flexibility index (Phi) is 6.08. The van der Waals surface area contributed by atoms with Crippen molar-refractivity contribution in [2.75, 3.05) is 27.2 Å². The second-order valence-electron chi connectivity index (χ2n) is 6.71. The van der Waals surface area contributed by atoms with E-state index in [1.165, 1.54) is 12.8 Å². The molecular weight excluding hydrogens is 326 g/mol. The molecule has 0 fully saturated rings. The van der Waals surface area contributed by atoms with Gasteiger partial charge in [0.1, 0.15) is 17.1 Å². The van der Waals surface area contributed by atoms with E-state index in [-0.39, 0.29) is 5.43 Å². The Bertz CT molecular complexity index is 897. The van der Waals surface area contributed by atoms with Gasteiger partial charge in [-0.05, 0) is 76.3 Å². The van der Waals surface area contributed by atoms with Crippen molar-refractivity contribution >= 4 is 11.0 Å². The van der Waals surface area contributed by atoms with Crippen molar-refractivity contribution in [3.8, 4) is 17.1 Å². The third kappa shape index (κ3) is 4.73. The van der Waals surface area contributed by atoms with Gasteiger partial charge < -0.3 is 14.1 Å². The SMILES string of the molecule is CN(C)CCCCCOc1ccc(-c2cc(=O)c3ccccc3o2)cc1. The largest absolute Gasteiger partial charge is 0.494 e. The molecule has 4 nitrogen and oxygen atoms in total. The van der Waals surface area contributed by atoms with Gasteiger partial charge in [0.2, 0.25) is 0 Å². The lowest BCUT2D eigenvalue weighted by atomic mass is 10.1. The minimum absolute atomic E-state index is 0.0279. The van der Waals surface area contributed by atoms with Gasteiger partial charge in [-0.1, -0.05) is 12.1 Å². The molecule has 4 heteroatoms. The highest BCUT2D eigenvalue weighted by Gasteiger charge is 2.06. The van der Waals surface area contributed by atoms with E-state index in [1.807, 2.05) is 42.5 Å². The number of hydrogen-bond donors (Lipinski definition) is 0. The molecule has 0 atom stereocenters. The number of benzene rings is 2. The summed E-state index contributed by atoms with van der Waals surface area (Å²) in [5, 5.41) is 0.602. The second-order valence-corrected chi connectivity index (χ2v) is 6.71. The molecule has 0 N–H and O–H groups in total. The molecule has 26 heavy (non-hydrogen) atoms. The van der Waals surface area contributed by atoms with Crippen LogP contribution in [0.1, 0.15) is 19.3 Å². The van der Waals surface area contributed by atoms with E-state index < -0.39 is 0 Å². The number of ether oxygens (including phenoxy) is 1. The number of rotatable bonds is 8. The molecule has 136 valence electrons. The van der Waals surface area contributed by atoms with Gasteiger partial charge in [-0.15, -0.1) is 0 Å². The number of nitrogens with zero attached hydrogens (tertiary/aromatic N) is 1. The zero-order valence-corrected chi connectivity index (χ0v) is 15.4. The number of fused-ring (bicyclic) bond motifs is 1. The Morgan fingerprint density at radius 3 is 2.50 bits per heavy atom. The summed E-state index contributed by atoms with van der Waals surface area (Å²) in [4.78, 5) is 14.4. The van der Waals surface area contributed by atoms with Gasteiger partial charge in [-0.25, -0.2) is 0 Å². The lowest BCUT2D eigenvalue weighted by Crippen LogP contribution is -2.13. The van der Waals surface area contributed by atoms with Crippen molar-refractivity contribution in [1.29, 1.82) is 0 Å². The molecule has 0 spiro atoms. The fourth-order valence-corrected chi connectivity index (χ4v) is 2.86. The highest BCUT2D eigenvalue weighted by molar-refractivity contribution is 5.78. The lowest BCUT2D eigenvalue weighted by molar-refractivity contribution is 0.299. The molecular formula is C22H25NO3. The maximum absolute atomic E-state index is 12.2. The zero-order valence-electron chi connectivity index (χ0n) is 15.4. The third-order valence-corrected chi connectivity index (χ3v) is 4.29. The van der Waals surface area contributed by atoms with E-state index in [4.69, 9.17) is 9.15 Å². The van der Waals surface area contributed by atoms with Gasteiger partial charge in [-0.3, -0.25) is 4.79 Å². The van der Waals surface area contributed by atoms with E-state index in [0.29, 0.717) is 16.7 Å². The van der Waals surface area contributed by atoms with Crippen molar-refractivity contribution in [3.63, 3.8) is 0 Å². The van der Waals surface area contributed by atoms with Gasteiger partial charge in [0.15, 0.2) is 5.43 Å². The van der Waals surface area contributed by atoms with Crippen molar-refractivity contribution in [2.45, 2.75) is 19.3 Å². The highest BCUT2D eigenvalue weighted by atomic mass is 16.5. The first kappa shape index (κ1) is 18.2. The minimum atomic E-state index is -0.0279. The average molecular weight is 351 g/mol. The second kappa shape index (κ2) is 8.68. The molecule has 0 radical (unpaired) electrons. The summed E-state index contributed by atoms with van der Waals surface area (Å²) in [6.45, 7) is 1.84.